The highest BCUT2D eigenvalue weighted by atomic mass is 16.5. The maximum atomic E-state index is 12.1. The normalized spacial score (nSPS) is 10.8. The highest BCUT2D eigenvalue weighted by molar-refractivity contribution is 5.89. The minimum Gasteiger partial charge on any atom is -0.426 e. The second kappa shape index (κ2) is 12.2. The van der Waals surface area contributed by atoms with Gasteiger partial charge >= 0.3 is 11.9 Å². The van der Waals surface area contributed by atoms with E-state index in [1.807, 2.05) is 38.1 Å². The maximum Gasteiger partial charge on any atom is 0.338 e. The molecular formula is C28H36O4. The predicted octanol–water partition coefficient (Wildman–Crippen LogP) is 7.08. The molecule has 0 spiro atoms. The summed E-state index contributed by atoms with van der Waals surface area (Å²) in [6, 6.07) is 11.9. The van der Waals surface area contributed by atoms with Gasteiger partial charge < -0.3 is 9.47 Å². The molecule has 4 nitrogen and oxygen atoms in total. The van der Waals surface area contributed by atoms with E-state index in [0.29, 0.717) is 17.1 Å². The molecule has 0 aliphatic rings. The monoisotopic (exact) mass is 436 g/mol. The topological polar surface area (TPSA) is 52.6 Å². The smallest absolute Gasteiger partial charge is 0.338 e. The number of rotatable bonds is 11. The zero-order valence-electron chi connectivity index (χ0n) is 20.1. The quantitative estimate of drug-likeness (QED) is 0.214. The Morgan fingerprint density at radius 1 is 0.844 bits per heavy atom. The zero-order chi connectivity index (χ0) is 23.7. The van der Waals surface area contributed by atoms with Crippen molar-refractivity contribution < 1.29 is 19.1 Å². The van der Waals surface area contributed by atoms with Gasteiger partial charge in [-0.15, -0.1) is 0 Å². The lowest BCUT2D eigenvalue weighted by Gasteiger charge is -2.15. The largest absolute Gasteiger partial charge is 0.426 e. The van der Waals surface area contributed by atoms with Gasteiger partial charge in [-0.3, -0.25) is 4.79 Å². The molecule has 0 saturated carbocycles. The van der Waals surface area contributed by atoms with Gasteiger partial charge in [0.15, 0.2) is 0 Å². The first-order chi connectivity index (χ1) is 15.3. The van der Waals surface area contributed by atoms with E-state index < -0.39 is 5.97 Å². The van der Waals surface area contributed by atoms with Crippen molar-refractivity contribution in [3.05, 3.63) is 59.7 Å². The number of hydrogen-bond donors (Lipinski definition) is 0. The van der Waals surface area contributed by atoms with Crippen LogP contribution in [0, 0.1) is 5.92 Å². The van der Waals surface area contributed by atoms with Gasteiger partial charge in [0, 0.05) is 5.57 Å². The molecule has 4 heteroatoms. The van der Waals surface area contributed by atoms with Crippen molar-refractivity contribution in [2.24, 2.45) is 5.92 Å². The third-order valence-electron chi connectivity index (χ3n) is 5.29. The maximum absolute atomic E-state index is 12.1. The van der Waals surface area contributed by atoms with E-state index in [0.717, 1.165) is 60.8 Å². The van der Waals surface area contributed by atoms with E-state index >= 15 is 0 Å². The average Bonchev–Trinajstić information content (AvgIpc) is 2.77. The number of hydrogen-bond acceptors (Lipinski definition) is 4. The van der Waals surface area contributed by atoms with Crippen LogP contribution in [0.15, 0.2) is 48.6 Å². The van der Waals surface area contributed by atoms with Crippen molar-refractivity contribution in [3.8, 4) is 22.6 Å². The molecule has 0 N–H and O–H groups in total. The molecule has 0 radical (unpaired) electrons. The number of carbonyl (C=O) groups excluding carboxylic acids is 2. The van der Waals surface area contributed by atoms with Crippen molar-refractivity contribution in [2.45, 2.75) is 73.1 Å². The lowest BCUT2D eigenvalue weighted by molar-refractivity contribution is -0.137. The first kappa shape index (κ1) is 25.4. The molecule has 0 atom stereocenters. The van der Waals surface area contributed by atoms with E-state index in [1.165, 1.54) is 0 Å². The molecule has 0 aliphatic heterocycles. The molecule has 0 saturated heterocycles. The van der Waals surface area contributed by atoms with Gasteiger partial charge in [0.1, 0.15) is 11.5 Å². The standard InChI is InChI=1S/C28H36O4/c1-7-9-11-23-17-21(13-15-25(23)31-27(29)19(3)4)22-14-16-26(32-28(30)20(5)6)24(18-22)12-10-8-2/h13-18,20H,3,7-12H2,1-2,4-6H3. The summed E-state index contributed by atoms with van der Waals surface area (Å²) in [6.45, 7) is 13.3. The van der Waals surface area contributed by atoms with Gasteiger partial charge in [-0.2, -0.15) is 0 Å². The Hall–Kier alpha value is -2.88. The van der Waals surface area contributed by atoms with E-state index in [9.17, 15) is 9.59 Å². The molecular weight excluding hydrogens is 400 g/mol. The number of aryl methyl sites for hydroxylation is 2. The number of benzene rings is 2. The zero-order valence-corrected chi connectivity index (χ0v) is 20.1. The van der Waals surface area contributed by atoms with Crippen LogP contribution in [-0.2, 0) is 22.4 Å². The molecule has 2 aromatic carbocycles. The van der Waals surface area contributed by atoms with Gasteiger partial charge in [-0.05, 0) is 79.1 Å². The Balaban J connectivity index is 2.42. The second-order valence-electron chi connectivity index (χ2n) is 8.60. The SMILES string of the molecule is C=C(C)C(=O)Oc1ccc(-c2ccc(OC(=O)C(C)C)c(CCCC)c2)cc1CCCC. The molecule has 0 aliphatic carbocycles. The van der Waals surface area contributed by atoms with Crippen molar-refractivity contribution in [3.63, 3.8) is 0 Å². The molecule has 2 rings (SSSR count). The van der Waals surface area contributed by atoms with Crippen LogP contribution in [0.1, 0.15) is 71.4 Å². The molecule has 0 unspecified atom stereocenters. The van der Waals surface area contributed by atoms with Gasteiger partial charge in [-0.1, -0.05) is 59.2 Å². The van der Waals surface area contributed by atoms with Crippen LogP contribution < -0.4 is 9.47 Å². The molecule has 0 aromatic heterocycles. The van der Waals surface area contributed by atoms with Crippen LogP contribution in [0.2, 0.25) is 0 Å². The number of unbranched alkanes of at least 4 members (excludes halogenated alkanes) is 2. The van der Waals surface area contributed by atoms with Crippen LogP contribution in [0.3, 0.4) is 0 Å². The third kappa shape index (κ3) is 7.08. The van der Waals surface area contributed by atoms with Crippen LogP contribution >= 0.6 is 0 Å². The fraction of sp³-hybridized carbons (Fsp3) is 0.429. The van der Waals surface area contributed by atoms with Crippen LogP contribution in [0.4, 0.5) is 0 Å². The fourth-order valence-corrected chi connectivity index (χ4v) is 3.26. The molecule has 172 valence electrons. The predicted molar refractivity (Wildman–Crippen MR) is 130 cm³/mol. The van der Waals surface area contributed by atoms with Crippen molar-refractivity contribution >= 4 is 11.9 Å². The van der Waals surface area contributed by atoms with Gasteiger partial charge in [0.25, 0.3) is 0 Å². The number of ether oxygens (including phenoxy) is 2. The van der Waals surface area contributed by atoms with Crippen molar-refractivity contribution in [1.29, 1.82) is 0 Å². The van der Waals surface area contributed by atoms with E-state index in [1.54, 1.807) is 6.92 Å². The number of carbonyl (C=O) groups is 2. The van der Waals surface area contributed by atoms with Gasteiger partial charge in [-0.25, -0.2) is 4.79 Å². The van der Waals surface area contributed by atoms with Crippen LogP contribution in [0.5, 0.6) is 11.5 Å². The van der Waals surface area contributed by atoms with Crippen molar-refractivity contribution in [1.82, 2.24) is 0 Å². The lowest BCUT2D eigenvalue weighted by atomic mass is 9.96. The van der Waals surface area contributed by atoms with E-state index in [2.05, 4.69) is 32.6 Å². The minimum absolute atomic E-state index is 0.177. The summed E-state index contributed by atoms with van der Waals surface area (Å²) < 4.78 is 11.2. The first-order valence-electron chi connectivity index (χ1n) is 11.6. The summed E-state index contributed by atoms with van der Waals surface area (Å²) in [5.74, 6) is 0.419. The van der Waals surface area contributed by atoms with Crippen LogP contribution in [0.25, 0.3) is 11.1 Å². The van der Waals surface area contributed by atoms with E-state index in [4.69, 9.17) is 9.47 Å². The highest BCUT2D eigenvalue weighted by Crippen LogP contribution is 2.32. The van der Waals surface area contributed by atoms with Crippen LogP contribution in [-0.4, -0.2) is 11.9 Å². The molecule has 0 amide bonds. The molecule has 0 heterocycles. The van der Waals surface area contributed by atoms with Crippen molar-refractivity contribution in [2.75, 3.05) is 0 Å². The summed E-state index contributed by atoms with van der Waals surface area (Å²) in [7, 11) is 0. The summed E-state index contributed by atoms with van der Waals surface area (Å²) in [5.41, 5.74) is 4.51. The Labute approximate surface area is 192 Å². The molecule has 0 fully saturated rings. The third-order valence-corrected chi connectivity index (χ3v) is 5.29. The molecule has 0 bridgehead atoms. The average molecular weight is 437 g/mol. The molecule has 2 aromatic rings. The Kier molecular flexibility index (Phi) is 9.70. The summed E-state index contributed by atoms with van der Waals surface area (Å²) in [6.07, 6.45) is 5.82. The highest BCUT2D eigenvalue weighted by Gasteiger charge is 2.15. The Morgan fingerprint density at radius 3 is 1.72 bits per heavy atom. The fourth-order valence-electron chi connectivity index (χ4n) is 3.26. The molecule has 32 heavy (non-hydrogen) atoms. The first-order valence-corrected chi connectivity index (χ1v) is 11.6. The van der Waals surface area contributed by atoms with Gasteiger partial charge in [0.2, 0.25) is 0 Å². The summed E-state index contributed by atoms with van der Waals surface area (Å²) in [5, 5.41) is 0. The number of esters is 2. The minimum atomic E-state index is -0.409. The summed E-state index contributed by atoms with van der Waals surface area (Å²) >= 11 is 0. The van der Waals surface area contributed by atoms with E-state index in [-0.39, 0.29) is 11.9 Å². The Morgan fingerprint density at radius 2 is 1.31 bits per heavy atom. The second-order valence-corrected chi connectivity index (χ2v) is 8.60. The summed E-state index contributed by atoms with van der Waals surface area (Å²) in [4.78, 5) is 24.2. The van der Waals surface area contributed by atoms with Gasteiger partial charge in [0.05, 0.1) is 5.92 Å². The lowest BCUT2D eigenvalue weighted by Crippen LogP contribution is -2.15. The Bertz CT molecular complexity index is 956.